The Kier molecular flexibility index (Phi) is 26.4. The van der Waals surface area contributed by atoms with Crippen molar-refractivity contribution < 1.29 is 33.9 Å². The molecule has 0 bridgehead atoms. The Bertz CT molecular complexity index is 545. The van der Waals surface area contributed by atoms with Gasteiger partial charge in [-0.1, -0.05) is 99.8 Å². The van der Waals surface area contributed by atoms with Crippen LogP contribution in [0.25, 0.3) is 0 Å². The normalized spacial score (nSPS) is 16.5. The van der Waals surface area contributed by atoms with E-state index in [1.54, 1.807) is 0 Å². The highest BCUT2D eigenvalue weighted by molar-refractivity contribution is 4.93. The van der Waals surface area contributed by atoms with E-state index in [4.69, 9.17) is 28.4 Å². The molecule has 40 heavy (non-hydrogen) atoms. The van der Waals surface area contributed by atoms with Crippen LogP contribution in [0.1, 0.15) is 153 Å². The number of unbranched alkanes of at least 4 members (excludes halogenated alkanes) is 7. The van der Waals surface area contributed by atoms with Gasteiger partial charge in [0.2, 0.25) is 0 Å². The van der Waals surface area contributed by atoms with E-state index in [-0.39, 0.29) is 23.6 Å². The fourth-order valence-corrected chi connectivity index (χ4v) is 4.36. The zero-order valence-corrected chi connectivity index (χ0v) is 28.3. The smallest absolute Gasteiger partial charge is 0.343 e. The lowest BCUT2D eigenvalue weighted by Gasteiger charge is -2.51. The van der Waals surface area contributed by atoms with Crippen LogP contribution in [0.4, 0.5) is 0 Å². The van der Waals surface area contributed by atoms with Crippen molar-refractivity contribution in [1.29, 1.82) is 0 Å². The van der Waals surface area contributed by atoms with Crippen LogP contribution in [-0.4, -0.2) is 62.0 Å². The maximum atomic E-state index is 6.92. The SMILES string of the molecule is CCCCCCOC(OCCCCC)(OC(C)CC)C(OCCCC)(OCC(C)C)C(CCCC)OC(C)C.O. The van der Waals surface area contributed by atoms with Crippen LogP contribution < -0.4 is 0 Å². The Labute approximate surface area is 249 Å². The molecule has 0 radical (unpaired) electrons. The minimum Gasteiger partial charge on any atom is -0.412 e. The Balaban J connectivity index is 0. The third-order valence-corrected chi connectivity index (χ3v) is 6.81. The maximum Gasteiger partial charge on any atom is 0.343 e. The molecule has 2 N–H and O–H groups in total. The summed E-state index contributed by atoms with van der Waals surface area (Å²) in [6, 6.07) is 0. The highest BCUT2D eigenvalue weighted by Crippen LogP contribution is 2.43. The molecule has 0 aliphatic heterocycles. The summed E-state index contributed by atoms with van der Waals surface area (Å²) in [5.74, 6) is -2.62. The van der Waals surface area contributed by atoms with Gasteiger partial charge in [-0.25, -0.2) is 0 Å². The van der Waals surface area contributed by atoms with E-state index in [1.165, 1.54) is 12.8 Å². The molecule has 0 spiro atoms. The molecule has 0 aromatic carbocycles. The largest absolute Gasteiger partial charge is 0.412 e. The Morgan fingerprint density at radius 2 is 1.10 bits per heavy atom. The minimum atomic E-state index is -1.54. The number of hydrogen-bond donors (Lipinski definition) is 0. The monoisotopic (exact) mass is 579 g/mol. The predicted octanol–water partition coefficient (Wildman–Crippen LogP) is 8.60. The minimum absolute atomic E-state index is 0. The molecule has 0 heterocycles. The highest BCUT2D eigenvalue weighted by Gasteiger charge is 2.64. The van der Waals surface area contributed by atoms with E-state index in [0.717, 1.165) is 70.6 Å². The fourth-order valence-electron chi connectivity index (χ4n) is 4.36. The fraction of sp³-hybridized carbons (Fsp3) is 1.00. The number of hydrogen-bond acceptors (Lipinski definition) is 6. The number of ether oxygens (including phenoxy) is 6. The van der Waals surface area contributed by atoms with Gasteiger partial charge in [0, 0.05) is 0 Å². The maximum absolute atomic E-state index is 6.92. The molecule has 0 rings (SSSR count). The van der Waals surface area contributed by atoms with Crippen molar-refractivity contribution in [2.75, 3.05) is 26.4 Å². The summed E-state index contributed by atoms with van der Waals surface area (Å²) in [6.07, 6.45) is 12.5. The van der Waals surface area contributed by atoms with Gasteiger partial charge in [0.05, 0.1) is 38.6 Å². The molecular weight excluding hydrogens is 508 g/mol. The Hall–Kier alpha value is -0.280. The summed E-state index contributed by atoms with van der Waals surface area (Å²) >= 11 is 0. The lowest BCUT2D eigenvalue weighted by atomic mass is 9.99. The van der Waals surface area contributed by atoms with Gasteiger partial charge in [-0.05, 0) is 58.8 Å². The first-order chi connectivity index (χ1) is 18.7. The van der Waals surface area contributed by atoms with E-state index < -0.39 is 17.9 Å². The molecule has 7 heteroatoms. The van der Waals surface area contributed by atoms with Crippen LogP contribution in [0.2, 0.25) is 0 Å². The van der Waals surface area contributed by atoms with Crippen molar-refractivity contribution in [2.24, 2.45) is 5.92 Å². The van der Waals surface area contributed by atoms with E-state index in [2.05, 4.69) is 69.2 Å². The summed E-state index contributed by atoms with van der Waals surface area (Å²) in [6.45, 7) is 23.5. The molecule has 4 unspecified atom stereocenters. The Morgan fingerprint density at radius 1 is 0.575 bits per heavy atom. The third-order valence-electron chi connectivity index (χ3n) is 6.81. The van der Waals surface area contributed by atoms with Crippen LogP contribution in [-0.2, 0) is 28.4 Å². The highest BCUT2D eigenvalue weighted by atomic mass is 16.9. The van der Waals surface area contributed by atoms with Crippen molar-refractivity contribution >= 4 is 0 Å². The predicted molar refractivity (Wildman–Crippen MR) is 167 cm³/mol. The standard InChI is InChI=1S/C33H68O6.H2O/c1-11-16-20-22-26-36-33(39-30(10)15-5,35-25-21-17-12-2)32(34-24-19-14-4,37-27-28(6)7)31(23-18-13-3)38-29(8)9;/h28-31H,11-27H2,1-10H3;1H2. The molecule has 244 valence electrons. The second-order valence-corrected chi connectivity index (χ2v) is 11.7. The molecule has 0 aliphatic rings. The molecule has 7 nitrogen and oxygen atoms in total. The first-order valence-electron chi connectivity index (χ1n) is 16.6. The van der Waals surface area contributed by atoms with Crippen molar-refractivity contribution in [3.63, 3.8) is 0 Å². The first kappa shape index (κ1) is 41.9. The van der Waals surface area contributed by atoms with Crippen LogP contribution in [0.3, 0.4) is 0 Å². The number of rotatable bonds is 28. The van der Waals surface area contributed by atoms with Crippen LogP contribution in [0.5, 0.6) is 0 Å². The van der Waals surface area contributed by atoms with E-state index >= 15 is 0 Å². The summed E-state index contributed by atoms with van der Waals surface area (Å²) in [5.41, 5.74) is 0. The van der Waals surface area contributed by atoms with E-state index in [0.29, 0.717) is 26.4 Å². The van der Waals surface area contributed by atoms with Crippen LogP contribution >= 0.6 is 0 Å². The van der Waals surface area contributed by atoms with Gasteiger partial charge in [-0.3, -0.25) is 0 Å². The summed E-state index contributed by atoms with van der Waals surface area (Å²) < 4.78 is 41.0. The average molecular weight is 579 g/mol. The molecule has 0 fully saturated rings. The van der Waals surface area contributed by atoms with Gasteiger partial charge in [0.1, 0.15) is 6.10 Å². The second-order valence-electron chi connectivity index (χ2n) is 11.7. The third kappa shape index (κ3) is 15.8. The van der Waals surface area contributed by atoms with Crippen LogP contribution in [0, 0.1) is 5.92 Å². The molecule has 0 aromatic heterocycles. The lowest BCUT2D eigenvalue weighted by molar-refractivity contribution is -0.521. The summed E-state index contributed by atoms with van der Waals surface area (Å²) in [5, 5.41) is 0. The Morgan fingerprint density at radius 3 is 1.60 bits per heavy atom. The zero-order valence-electron chi connectivity index (χ0n) is 28.3. The lowest BCUT2D eigenvalue weighted by Crippen LogP contribution is -2.70. The van der Waals surface area contributed by atoms with Crippen molar-refractivity contribution in [1.82, 2.24) is 0 Å². The van der Waals surface area contributed by atoms with Crippen molar-refractivity contribution in [3.8, 4) is 0 Å². The van der Waals surface area contributed by atoms with Gasteiger partial charge in [0.25, 0.3) is 5.79 Å². The van der Waals surface area contributed by atoms with Gasteiger partial charge < -0.3 is 33.9 Å². The molecule has 4 atom stereocenters. The second kappa shape index (κ2) is 25.2. The summed E-state index contributed by atoms with van der Waals surface area (Å²) in [4.78, 5) is 0. The zero-order chi connectivity index (χ0) is 29.6. The van der Waals surface area contributed by atoms with Crippen LogP contribution in [0.15, 0.2) is 0 Å². The first-order valence-corrected chi connectivity index (χ1v) is 16.6. The molecule has 0 amide bonds. The van der Waals surface area contributed by atoms with E-state index in [1.807, 2.05) is 0 Å². The van der Waals surface area contributed by atoms with Gasteiger partial charge >= 0.3 is 5.97 Å². The average Bonchev–Trinajstić information content (AvgIpc) is 2.90. The van der Waals surface area contributed by atoms with E-state index in [9.17, 15) is 0 Å². The molecular formula is C33H70O7. The van der Waals surface area contributed by atoms with Crippen molar-refractivity contribution in [2.45, 2.75) is 183 Å². The molecule has 0 aliphatic carbocycles. The molecule has 0 saturated heterocycles. The summed E-state index contributed by atoms with van der Waals surface area (Å²) in [7, 11) is 0. The van der Waals surface area contributed by atoms with Crippen molar-refractivity contribution in [3.05, 3.63) is 0 Å². The van der Waals surface area contributed by atoms with Gasteiger partial charge in [-0.2, -0.15) is 0 Å². The van der Waals surface area contributed by atoms with Gasteiger partial charge in [0.15, 0.2) is 0 Å². The topological polar surface area (TPSA) is 86.9 Å². The molecule has 0 aromatic rings. The van der Waals surface area contributed by atoms with Gasteiger partial charge in [-0.15, -0.1) is 0 Å². The quantitative estimate of drug-likeness (QED) is 0.0682. The molecule has 0 saturated carbocycles.